The molecule has 0 radical (unpaired) electrons. The van der Waals surface area contributed by atoms with Crippen molar-refractivity contribution in [2.24, 2.45) is 0 Å². The fourth-order valence-electron chi connectivity index (χ4n) is 8.66. The van der Waals surface area contributed by atoms with E-state index in [1.165, 1.54) is 76.5 Å². The molecule has 7 aromatic carbocycles. The van der Waals surface area contributed by atoms with Gasteiger partial charge < -0.3 is 4.42 Å². The lowest BCUT2D eigenvalue weighted by Crippen LogP contribution is -2.15. The van der Waals surface area contributed by atoms with Crippen LogP contribution in [0.15, 0.2) is 174 Å². The molecule has 0 fully saturated rings. The Morgan fingerprint density at radius 3 is 2.02 bits per heavy atom. The zero-order chi connectivity index (χ0) is 35.7. The number of fused-ring (bicyclic) bond motifs is 11. The maximum Gasteiger partial charge on any atom is 0.136 e. The second-order valence-corrected chi connectivity index (χ2v) is 14.6. The molecule has 0 spiro atoms. The molecule has 1 nitrogen and oxygen atoms in total. The summed E-state index contributed by atoms with van der Waals surface area (Å²) in [6.07, 6.45) is 10.4. The van der Waals surface area contributed by atoms with Gasteiger partial charge in [0.1, 0.15) is 11.2 Å². The Morgan fingerprint density at radius 2 is 1.31 bits per heavy atom. The fraction of sp³-hybridized carbons (Fsp3) is 0.0980. The van der Waals surface area contributed by atoms with Crippen LogP contribution in [0.5, 0.6) is 0 Å². The zero-order valence-corrected chi connectivity index (χ0v) is 30.2. The summed E-state index contributed by atoms with van der Waals surface area (Å²) < 4.78 is 6.38. The van der Waals surface area contributed by atoms with Crippen LogP contribution in [-0.4, -0.2) is 0 Å². The Hall–Kier alpha value is -6.18. The molecule has 0 N–H and O–H groups in total. The van der Waals surface area contributed by atoms with Gasteiger partial charge >= 0.3 is 0 Å². The SMILES string of the molecule is C=C(/C=C\C(=C)c1c2ccccc2c(-c2ccc3c(c2)-c2ccc4ccc5oc6ccccc6c5c4c2C3(C)C)c2ccccc12)/C(C)=C/C=C\C. The molecule has 0 bridgehead atoms. The number of furan rings is 1. The van der Waals surface area contributed by atoms with Crippen molar-refractivity contribution >= 4 is 59.8 Å². The van der Waals surface area contributed by atoms with Crippen LogP contribution in [0.3, 0.4) is 0 Å². The maximum atomic E-state index is 6.38. The van der Waals surface area contributed by atoms with E-state index >= 15 is 0 Å². The molecule has 0 saturated heterocycles. The Kier molecular flexibility index (Phi) is 7.31. The molecule has 0 saturated carbocycles. The molecule has 250 valence electrons. The van der Waals surface area contributed by atoms with Gasteiger partial charge in [0.25, 0.3) is 0 Å². The Bertz CT molecular complexity index is 2860. The van der Waals surface area contributed by atoms with Gasteiger partial charge in [-0.15, -0.1) is 0 Å². The summed E-state index contributed by atoms with van der Waals surface area (Å²) in [5, 5.41) is 9.74. The predicted molar refractivity (Wildman–Crippen MR) is 225 cm³/mol. The summed E-state index contributed by atoms with van der Waals surface area (Å²) in [6.45, 7) is 17.8. The monoisotopic (exact) mass is 668 g/mol. The smallest absolute Gasteiger partial charge is 0.136 e. The molecule has 1 heterocycles. The van der Waals surface area contributed by atoms with Gasteiger partial charge in [0.05, 0.1) is 0 Å². The van der Waals surface area contributed by atoms with Crippen molar-refractivity contribution in [3.05, 3.63) is 187 Å². The number of hydrogen-bond donors (Lipinski definition) is 0. The van der Waals surface area contributed by atoms with Crippen LogP contribution in [0.2, 0.25) is 0 Å². The van der Waals surface area contributed by atoms with Gasteiger partial charge in [0.15, 0.2) is 0 Å². The summed E-state index contributed by atoms with van der Waals surface area (Å²) >= 11 is 0. The third-order valence-electron chi connectivity index (χ3n) is 11.2. The maximum absolute atomic E-state index is 6.38. The Labute approximate surface area is 305 Å². The van der Waals surface area contributed by atoms with E-state index in [0.29, 0.717) is 0 Å². The number of benzene rings is 7. The lowest BCUT2D eigenvalue weighted by molar-refractivity contribution is 0.665. The van der Waals surface area contributed by atoms with Gasteiger partial charge in [-0.3, -0.25) is 0 Å². The Morgan fingerprint density at radius 1 is 0.654 bits per heavy atom. The van der Waals surface area contributed by atoms with Gasteiger partial charge in [-0.1, -0.05) is 154 Å². The fourth-order valence-corrected chi connectivity index (χ4v) is 8.66. The minimum atomic E-state index is -0.197. The van der Waals surface area contributed by atoms with Crippen LogP contribution in [-0.2, 0) is 5.41 Å². The molecule has 8 aromatic rings. The van der Waals surface area contributed by atoms with Crippen LogP contribution >= 0.6 is 0 Å². The highest BCUT2D eigenvalue weighted by molar-refractivity contribution is 6.22. The molecule has 1 heteroatoms. The average molecular weight is 669 g/mol. The average Bonchev–Trinajstić information content (AvgIpc) is 3.66. The van der Waals surface area contributed by atoms with Crippen LogP contribution < -0.4 is 0 Å². The first-order chi connectivity index (χ1) is 25.3. The van der Waals surface area contributed by atoms with Crippen molar-refractivity contribution in [1.82, 2.24) is 0 Å². The number of rotatable bonds is 6. The van der Waals surface area contributed by atoms with Gasteiger partial charge in [0, 0.05) is 16.2 Å². The molecule has 52 heavy (non-hydrogen) atoms. The van der Waals surface area contributed by atoms with E-state index in [1.54, 1.807) is 0 Å². The summed E-state index contributed by atoms with van der Waals surface area (Å²) in [7, 11) is 0. The summed E-state index contributed by atoms with van der Waals surface area (Å²) in [5.74, 6) is 0. The van der Waals surface area contributed by atoms with Gasteiger partial charge in [-0.05, 0) is 120 Å². The highest BCUT2D eigenvalue weighted by Crippen LogP contribution is 2.54. The highest BCUT2D eigenvalue weighted by Gasteiger charge is 2.38. The van der Waals surface area contributed by atoms with E-state index in [4.69, 9.17) is 4.42 Å². The quantitative estimate of drug-likeness (QED) is 0.127. The molecule has 9 rings (SSSR count). The van der Waals surface area contributed by atoms with Crippen molar-refractivity contribution in [3.63, 3.8) is 0 Å². The molecular weight excluding hydrogens is 629 g/mol. The molecule has 0 amide bonds. The summed E-state index contributed by atoms with van der Waals surface area (Å²) in [4.78, 5) is 0. The third kappa shape index (κ3) is 4.69. The number of hydrogen-bond acceptors (Lipinski definition) is 1. The van der Waals surface area contributed by atoms with E-state index in [-0.39, 0.29) is 5.41 Å². The van der Waals surface area contributed by atoms with E-state index in [9.17, 15) is 0 Å². The van der Waals surface area contributed by atoms with E-state index < -0.39 is 0 Å². The number of allylic oxidation sites excluding steroid dienone is 8. The molecule has 0 atom stereocenters. The summed E-state index contributed by atoms with van der Waals surface area (Å²) in [6, 6.07) is 42.1. The molecule has 1 aliphatic carbocycles. The first-order valence-corrected chi connectivity index (χ1v) is 18.1. The standard InChI is InChI=1S/C51H40O/c1-7-8-15-31(2)32(3)22-23-33(4)46-36-16-9-11-18-38(36)47(39-19-12-10-17-37(39)46)35-25-28-43-42(30-35)40-27-24-34-26-29-45-49(48(34)50(40)51(43,5)6)41-20-13-14-21-44(41)52-45/h7-30H,3-4H2,1-2,5-6H3/b8-7-,23-22-,31-15+. The number of para-hydroxylation sites is 1. The van der Waals surface area contributed by atoms with Gasteiger partial charge in [-0.2, -0.15) is 0 Å². The normalized spacial score (nSPS) is 14.0. The molecule has 0 aliphatic heterocycles. The van der Waals surface area contributed by atoms with Crippen molar-refractivity contribution < 1.29 is 4.42 Å². The first kappa shape index (κ1) is 31.8. The van der Waals surface area contributed by atoms with E-state index in [2.05, 4.69) is 161 Å². The third-order valence-corrected chi connectivity index (χ3v) is 11.2. The lowest BCUT2D eigenvalue weighted by Gasteiger charge is -2.24. The van der Waals surface area contributed by atoms with Crippen molar-refractivity contribution in [3.8, 4) is 22.3 Å². The Balaban J connectivity index is 1.25. The largest absolute Gasteiger partial charge is 0.456 e. The minimum Gasteiger partial charge on any atom is -0.456 e. The van der Waals surface area contributed by atoms with Crippen LogP contribution in [0.4, 0.5) is 0 Å². The van der Waals surface area contributed by atoms with E-state index in [0.717, 1.165) is 33.4 Å². The predicted octanol–water partition coefficient (Wildman–Crippen LogP) is 14.7. The molecule has 0 unspecified atom stereocenters. The lowest BCUT2D eigenvalue weighted by atomic mass is 9.79. The second-order valence-electron chi connectivity index (χ2n) is 14.6. The second kappa shape index (κ2) is 12.0. The van der Waals surface area contributed by atoms with Crippen molar-refractivity contribution in [1.29, 1.82) is 0 Å². The van der Waals surface area contributed by atoms with Crippen molar-refractivity contribution in [2.75, 3.05) is 0 Å². The zero-order valence-electron chi connectivity index (χ0n) is 30.2. The van der Waals surface area contributed by atoms with Gasteiger partial charge in [-0.25, -0.2) is 0 Å². The molecular formula is C51H40O. The minimum absolute atomic E-state index is 0.197. The topological polar surface area (TPSA) is 13.1 Å². The highest BCUT2D eigenvalue weighted by atomic mass is 16.3. The first-order valence-electron chi connectivity index (χ1n) is 18.1. The van der Waals surface area contributed by atoms with Gasteiger partial charge in [0.2, 0.25) is 0 Å². The van der Waals surface area contributed by atoms with E-state index in [1.807, 2.05) is 25.1 Å². The van der Waals surface area contributed by atoms with Crippen LogP contribution in [0.25, 0.3) is 82.1 Å². The van der Waals surface area contributed by atoms with Crippen LogP contribution in [0.1, 0.15) is 44.4 Å². The molecule has 1 aromatic heterocycles. The van der Waals surface area contributed by atoms with Crippen LogP contribution in [0, 0.1) is 0 Å². The summed E-state index contributed by atoms with van der Waals surface area (Å²) in [5.41, 5.74) is 13.7. The van der Waals surface area contributed by atoms with Crippen molar-refractivity contribution in [2.45, 2.75) is 33.1 Å². The molecule has 1 aliphatic rings.